The van der Waals surface area contributed by atoms with Gasteiger partial charge in [0, 0.05) is 13.2 Å². The quantitative estimate of drug-likeness (QED) is 0.862. The van der Waals surface area contributed by atoms with Gasteiger partial charge in [-0.15, -0.1) is 0 Å². The van der Waals surface area contributed by atoms with E-state index in [2.05, 4.69) is 9.97 Å². The second-order valence-electron chi connectivity index (χ2n) is 4.43. The van der Waals surface area contributed by atoms with Crippen molar-refractivity contribution in [3.05, 3.63) is 23.8 Å². The Hall–Kier alpha value is -1.98. The molecule has 1 N–H and O–H groups in total. The summed E-state index contributed by atoms with van der Waals surface area (Å²) in [4.78, 5) is 32.4. The Labute approximate surface area is 106 Å². The van der Waals surface area contributed by atoms with Gasteiger partial charge in [-0.05, 0) is 18.9 Å². The highest BCUT2D eigenvalue weighted by atomic mass is 16.4. The number of carboxylic acid groups (broad SMARTS) is 1. The first kappa shape index (κ1) is 14.1. The molecule has 98 valence electrons. The summed E-state index contributed by atoms with van der Waals surface area (Å²) in [6.45, 7) is 5.19. The summed E-state index contributed by atoms with van der Waals surface area (Å²) in [6, 6.07) is 0.609. The number of likely N-dealkylation sites (N-methyl/N-ethyl adjacent to an activating group) is 1. The standard InChI is InChI=1S/C12H17N3O3/c1-7(2)10(12(17)18)15(4)11(16)9-5-6-13-8(3)14-9/h5-7,10H,1-4H3,(H,17,18). The van der Waals surface area contributed by atoms with Crippen LogP contribution >= 0.6 is 0 Å². The van der Waals surface area contributed by atoms with Gasteiger partial charge in [0.1, 0.15) is 17.6 Å². The van der Waals surface area contributed by atoms with Gasteiger partial charge in [-0.3, -0.25) is 4.79 Å². The van der Waals surface area contributed by atoms with E-state index in [1.165, 1.54) is 24.2 Å². The Kier molecular flexibility index (Phi) is 4.36. The van der Waals surface area contributed by atoms with Crippen molar-refractivity contribution < 1.29 is 14.7 Å². The maximum Gasteiger partial charge on any atom is 0.326 e. The van der Waals surface area contributed by atoms with Crippen LogP contribution in [0.5, 0.6) is 0 Å². The van der Waals surface area contributed by atoms with Gasteiger partial charge < -0.3 is 10.0 Å². The molecule has 0 aromatic carbocycles. The number of carbonyl (C=O) groups excluding carboxylic acids is 1. The predicted octanol–water partition coefficient (Wildman–Crippen LogP) is 0.966. The van der Waals surface area contributed by atoms with Crippen LogP contribution in [-0.4, -0.2) is 44.9 Å². The predicted molar refractivity (Wildman–Crippen MR) is 65.1 cm³/mol. The van der Waals surface area contributed by atoms with Crippen LogP contribution in [0.3, 0.4) is 0 Å². The average molecular weight is 251 g/mol. The van der Waals surface area contributed by atoms with Gasteiger partial charge in [0.25, 0.3) is 5.91 Å². The van der Waals surface area contributed by atoms with Crippen molar-refractivity contribution in [1.82, 2.24) is 14.9 Å². The summed E-state index contributed by atoms with van der Waals surface area (Å²) in [7, 11) is 1.47. The lowest BCUT2D eigenvalue weighted by molar-refractivity contribution is -0.143. The third-order valence-electron chi connectivity index (χ3n) is 2.62. The van der Waals surface area contributed by atoms with Crippen molar-refractivity contribution >= 4 is 11.9 Å². The third kappa shape index (κ3) is 3.03. The van der Waals surface area contributed by atoms with Crippen LogP contribution in [0, 0.1) is 12.8 Å². The maximum atomic E-state index is 12.1. The van der Waals surface area contributed by atoms with E-state index in [0.29, 0.717) is 5.82 Å². The number of hydrogen-bond donors (Lipinski definition) is 1. The van der Waals surface area contributed by atoms with Crippen LogP contribution in [0.15, 0.2) is 12.3 Å². The summed E-state index contributed by atoms with van der Waals surface area (Å²) >= 11 is 0. The highest BCUT2D eigenvalue weighted by Crippen LogP contribution is 2.12. The van der Waals surface area contributed by atoms with E-state index in [1.54, 1.807) is 20.8 Å². The fourth-order valence-corrected chi connectivity index (χ4v) is 1.78. The van der Waals surface area contributed by atoms with Crippen LogP contribution in [0.4, 0.5) is 0 Å². The first-order valence-electron chi connectivity index (χ1n) is 5.64. The zero-order valence-electron chi connectivity index (χ0n) is 10.9. The number of aryl methyl sites for hydroxylation is 1. The number of amides is 1. The summed E-state index contributed by atoms with van der Waals surface area (Å²) in [6.07, 6.45) is 1.48. The van der Waals surface area contributed by atoms with Gasteiger partial charge in [-0.2, -0.15) is 0 Å². The van der Waals surface area contributed by atoms with Gasteiger partial charge in [0.05, 0.1) is 0 Å². The van der Waals surface area contributed by atoms with Crippen LogP contribution in [0.25, 0.3) is 0 Å². The van der Waals surface area contributed by atoms with E-state index < -0.39 is 17.9 Å². The van der Waals surface area contributed by atoms with E-state index in [1.807, 2.05) is 0 Å². The molecule has 0 bridgehead atoms. The molecule has 1 amide bonds. The lowest BCUT2D eigenvalue weighted by Crippen LogP contribution is -2.45. The SMILES string of the molecule is Cc1nccc(C(=O)N(C)C(C(=O)O)C(C)C)n1. The van der Waals surface area contributed by atoms with Crippen LogP contribution in [0.1, 0.15) is 30.2 Å². The molecule has 0 aliphatic heterocycles. The molecular weight excluding hydrogens is 234 g/mol. The maximum absolute atomic E-state index is 12.1. The van der Waals surface area contributed by atoms with E-state index in [4.69, 9.17) is 5.11 Å². The Morgan fingerprint density at radius 3 is 2.44 bits per heavy atom. The molecule has 1 aromatic rings. The molecular formula is C12H17N3O3. The van der Waals surface area contributed by atoms with Crippen molar-refractivity contribution in [2.75, 3.05) is 7.05 Å². The largest absolute Gasteiger partial charge is 0.480 e. The Bertz CT molecular complexity index is 460. The molecule has 1 aromatic heterocycles. The normalized spacial score (nSPS) is 12.3. The molecule has 1 atom stereocenters. The molecule has 1 heterocycles. The number of nitrogens with zero attached hydrogens (tertiary/aromatic N) is 3. The average Bonchev–Trinajstić information content (AvgIpc) is 2.26. The molecule has 0 radical (unpaired) electrons. The Balaban J connectivity index is 2.99. The van der Waals surface area contributed by atoms with E-state index >= 15 is 0 Å². The van der Waals surface area contributed by atoms with Crippen LogP contribution < -0.4 is 0 Å². The number of hydrogen-bond acceptors (Lipinski definition) is 4. The van der Waals surface area contributed by atoms with Crippen LogP contribution in [0.2, 0.25) is 0 Å². The monoisotopic (exact) mass is 251 g/mol. The molecule has 0 saturated heterocycles. The molecule has 0 aliphatic rings. The van der Waals surface area contributed by atoms with Gasteiger partial charge >= 0.3 is 5.97 Å². The molecule has 6 heteroatoms. The smallest absolute Gasteiger partial charge is 0.326 e. The highest BCUT2D eigenvalue weighted by molar-refractivity contribution is 5.94. The minimum atomic E-state index is -1.02. The Morgan fingerprint density at radius 1 is 1.39 bits per heavy atom. The van der Waals surface area contributed by atoms with Crippen molar-refractivity contribution in [3.63, 3.8) is 0 Å². The van der Waals surface area contributed by atoms with E-state index in [0.717, 1.165) is 0 Å². The Morgan fingerprint density at radius 2 is 2.00 bits per heavy atom. The topological polar surface area (TPSA) is 83.4 Å². The van der Waals surface area contributed by atoms with Crippen molar-refractivity contribution in [2.45, 2.75) is 26.8 Å². The number of carboxylic acids is 1. The molecule has 0 spiro atoms. The number of carbonyl (C=O) groups is 2. The number of rotatable bonds is 4. The molecule has 0 saturated carbocycles. The summed E-state index contributed by atoms with van der Waals surface area (Å²) < 4.78 is 0. The van der Waals surface area contributed by atoms with Gasteiger partial charge in [0.15, 0.2) is 0 Å². The first-order valence-corrected chi connectivity index (χ1v) is 5.64. The van der Waals surface area contributed by atoms with Crippen LogP contribution in [-0.2, 0) is 4.79 Å². The molecule has 0 fully saturated rings. The zero-order valence-corrected chi connectivity index (χ0v) is 10.9. The summed E-state index contributed by atoms with van der Waals surface area (Å²) in [5.74, 6) is -1.14. The fraction of sp³-hybridized carbons (Fsp3) is 0.500. The third-order valence-corrected chi connectivity index (χ3v) is 2.62. The molecule has 0 aliphatic carbocycles. The molecule has 6 nitrogen and oxygen atoms in total. The first-order chi connectivity index (χ1) is 8.34. The van der Waals surface area contributed by atoms with Crippen molar-refractivity contribution in [2.24, 2.45) is 5.92 Å². The number of aliphatic carboxylic acids is 1. The summed E-state index contributed by atoms with van der Waals surface area (Å²) in [5, 5.41) is 9.14. The highest BCUT2D eigenvalue weighted by Gasteiger charge is 2.30. The molecule has 1 unspecified atom stereocenters. The molecule has 18 heavy (non-hydrogen) atoms. The minimum Gasteiger partial charge on any atom is -0.480 e. The van der Waals surface area contributed by atoms with E-state index in [-0.39, 0.29) is 11.6 Å². The van der Waals surface area contributed by atoms with Gasteiger partial charge in [-0.25, -0.2) is 14.8 Å². The van der Waals surface area contributed by atoms with Gasteiger partial charge in [0.2, 0.25) is 0 Å². The van der Waals surface area contributed by atoms with E-state index in [9.17, 15) is 9.59 Å². The van der Waals surface area contributed by atoms with Gasteiger partial charge in [-0.1, -0.05) is 13.8 Å². The molecule has 1 rings (SSSR count). The van der Waals surface area contributed by atoms with Crippen molar-refractivity contribution in [3.8, 4) is 0 Å². The second kappa shape index (κ2) is 5.57. The lowest BCUT2D eigenvalue weighted by atomic mass is 10.0. The van der Waals surface area contributed by atoms with Crippen molar-refractivity contribution in [1.29, 1.82) is 0 Å². The zero-order chi connectivity index (χ0) is 13.9. The minimum absolute atomic E-state index is 0.181. The lowest BCUT2D eigenvalue weighted by Gasteiger charge is -2.27. The number of aromatic nitrogens is 2. The fourth-order valence-electron chi connectivity index (χ4n) is 1.78. The second-order valence-corrected chi connectivity index (χ2v) is 4.43. The summed E-state index contributed by atoms with van der Waals surface area (Å²) in [5.41, 5.74) is 0.205.